The van der Waals surface area contributed by atoms with Crippen LogP contribution in [0.5, 0.6) is 0 Å². The molecule has 3 rings (SSSR count). The van der Waals surface area contributed by atoms with Gasteiger partial charge in [0.25, 0.3) is 0 Å². The third-order valence-corrected chi connectivity index (χ3v) is 5.68. The van der Waals surface area contributed by atoms with Crippen LogP contribution in [0, 0.1) is 6.92 Å². The highest BCUT2D eigenvalue weighted by Gasteiger charge is 2.12. The Morgan fingerprint density at radius 1 is 1.15 bits per heavy atom. The molecule has 1 aromatic heterocycles. The molecule has 0 amide bonds. The summed E-state index contributed by atoms with van der Waals surface area (Å²) in [5.41, 5.74) is 3.39. The minimum absolute atomic E-state index is 0.116. The van der Waals surface area contributed by atoms with Gasteiger partial charge in [-0.15, -0.1) is 5.10 Å². The first-order valence-corrected chi connectivity index (χ1v) is 10.8. The summed E-state index contributed by atoms with van der Waals surface area (Å²) >= 11 is 1.03. The van der Waals surface area contributed by atoms with Crippen LogP contribution in [-0.2, 0) is 14.6 Å². The predicted octanol–water partition coefficient (Wildman–Crippen LogP) is 3.03. The number of aromatic nitrogens is 3. The predicted molar refractivity (Wildman–Crippen MR) is 103 cm³/mol. The molecule has 2 aromatic carbocycles. The number of benzene rings is 2. The van der Waals surface area contributed by atoms with Gasteiger partial charge >= 0.3 is 5.97 Å². The van der Waals surface area contributed by atoms with Gasteiger partial charge in [-0.1, -0.05) is 30.0 Å². The van der Waals surface area contributed by atoms with Gasteiger partial charge in [0.05, 0.1) is 10.6 Å². The van der Waals surface area contributed by atoms with Crippen molar-refractivity contribution in [3.63, 3.8) is 0 Å². The number of hydrogen-bond donors (Lipinski definition) is 2. The highest BCUT2D eigenvalue weighted by molar-refractivity contribution is 7.99. The molecule has 140 valence electrons. The highest BCUT2D eigenvalue weighted by Crippen LogP contribution is 2.28. The van der Waals surface area contributed by atoms with Gasteiger partial charge < -0.3 is 5.11 Å². The third kappa shape index (κ3) is 4.75. The maximum Gasteiger partial charge on any atom is 0.313 e. The van der Waals surface area contributed by atoms with Gasteiger partial charge in [0.2, 0.25) is 5.16 Å². The van der Waals surface area contributed by atoms with Gasteiger partial charge in [-0.25, -0.2) is 13.4 Å². The molecule has 0 aliphatic carbocycles. The van der Waals surface area contributed by atoms with Crippen molar-refractivity contribution in [1.29, 1.82) is 0 Å². The van der Waals surface area contributed by atoms with E-state index in [0.717, 1.165) is 34.0 Å². The normalized spacial score (nSPS) is 11.5. The van der Waals surface area contributed by atoms with Gasteiger partial charge in [0, 0.05) is 11.8 Å². The number of nitrogens with one attached hydrogen (secondary N) is 1. The van der Waals surface area contributed by atoms with E-state index in [1.165, 1.54) is 6.26 Å². The smallest absolute Gasteiger partial charge is 0.313 e. The number of aryl methyl sites for hydroxylation is 1. The molecule has 0 saturated carbocycles. The van der Waals surface area contributed by atoms with Crippen LogP contribution in [0.1, 0.15) is 5.56 Å². The Bertz CT molecular complexity index is 1110. The van der Waals surface area contributed by atoms with Gasteiger partial charge in [-0.2, -0.15) is 0 Å². The molecule has 0 saturated heterocycles. The molecular weight excluding hydrogens is 386 g/mol. The summed E-state index contributed by atoms with van der Waals surface area (Å²) in [6.07, 6.45) is 1.18. The summed E-state index contributed by atoms with van der Waals surface area (Å²) in [5, 5.41) is 15.9. The monoisotopic (exact) mass is 403 g/mol. The van der Waals surface area contributed by atoms with Crippen LogP contribution in [0.2, 0.25) is 0 Å². The van der Waals surface area contributed by atoms with E-state index < -0.39 is 15.8 Å². The first-order chi connectivity index (χ1) is 12.7. The highest BCUT2D eigenvalue weighted by atomic mass is 32.2. The zero-order valence-electron chi connectivity index (χ0n) is 14.6. The largest absolute Gasteiger partial charge is 0.481 e. The fourth-order valence-corrected chi connectivity index (χ4v) is 3.74. The van der Waals surface area contributed by atoms with E-state index in [-0.39, 0.29) is 10.6 Å². The summed E-state index contributed by atoms with van der Waals surface area (Å²) in [6, 6.07) is 12.5. The Morgan fingerprint density at radius 3 is 2.59 bits per heavy atom. The molecule has 9 heteroatoms. The molecule has 0 radical (unpaired) electrons. The maximum absolute atomic E-state index is 11.8. The topological polar surface area (TPSA) is 113 Å². The summed E-state index contributed by atoms with van der Waals surface area (Å²) in [6.45, 7) is 1.93. The lowest BCUT2D eigenvalue weighted by molar-refractivity contribution is -0.133. The fraction of sp³-hybridized carbons (Fsp3) is 0.167. The molecule has 7 nitrogen and oxygen atoms in total. The quantitative estimate of drug-likeness (QED) is 0.608. The molecule has 0 bridgehead atoms. The number of thioether (sulfide) groups is 1. The van der Waals surface area contributed by atoms with Crippen LogP contribution in [0.25, 0.3) is 22.5 Å². The second kappa shape index (κ2) is 7.53. The summed E-state index contributed by atoms with van der Waals surface area (Å²) < 4.78 is 23.6. The second-order valence-corrected chi connectivity index (χ2v) is 8.99. The van der Waals surface area contributed by atoms with Crippen LogP contribution in [-0.4, -0.2) is 46.7 Å². The number of sulfone groups is 1. The molecule has 3 aromatic rings. The van der Waals surface area contributed by atoms with Crippen LogP contribution in [0.15, 0.2) is 52.5 Å². The van der Waals surface area contributed by atoms with Crippen LogP contribution in [0.3, 0.4) is 0 Å². The van der Waals surface area contributed by atoms with E-state index in [4.69, 9.17) is 5.11 Å². The Morgan fingerprint density at radius 2 is 1.89 bits per heavy atom. The average Bonchev–Trinajstić information content (AvgIpc) is 3.08. The summed E-state index contributed by atoms with van der Waals surface area (Å²) in [4.78, 5) is 15.2. The Hall–Kier alpha value is -2.65. The lowest BCUT2D eigenvalue weighted by Crippen LogP contribution is -1.97. The number of carbonyl (C=O) groups is 1. The van der Waals surface area contributed by atoms with E-state index >= 15 is 0 Å². The second-order valence-electron chi connectivity index (χ2n) is 6.04. The maximum atomic E-state index is 11.8. The van der Waals surface area contributed by atoms with Crippen molar-refractivity contribution >= 4 is 27.6 Å². The van der Waals surface area contributed by atoms with E-state index in [9.17, 15) is 13.2 Å². The Kier molecular flexibility index (Phi) is 5.33. The van der Waals surface area contributed by atoms with E-state index in [2.05, 4.69) is 15.2 Å². The Labute approximate surface area is 160 Å². The summed E-state index contributed by atoms with van der Waals surface area (Å²) in [5.74, 6) is -0.531. The molecule has 27 heavy (non-hydrogen) atoms. The number of hydrogen-bond acceptors (Lipinski definition) is 6. The number of H-pyrrole nitrogens is 1. The third-order valence-electron chi connectivity index (χ3n) is 3.74. The molecule has 0 aliphatic heterocycles. The van der Waals surface area contributed by atoms with Crippen molar-refractivity contribution in [2.75, 3.05) is 12.0 Å². The molecule has 2 N–H and O–H groups in total. The van der Waals surface area contributed by atoms with E-state index in [1.54, 1.807) is 18.2 Å². The van der Waals surface area contributed by atoms with E-state index in [1.807, 2.05) is 31.2 Å². The molecule has 0 unspecified atom stereocenters. The number of carboxylic acids is 1. The number of carboxylic acid groups (broad SMARTS) is 1. The van der Waals surface area contributed by atoms with Gasteiger partial charge in [0.15, 0.2) is 15.7 Å². The lowest BCUT2D eigenvalue weighted by atomic mass is 10.00. The Balaban J connectivity index is 1.97. The first kappa shape index (κ1) is 19.1. The van der Waals surface area contributed by atoms with Crippen molar-refractivity contribution in [2.45, 2.75) is 17.0 Å². The number of aliphatic carboxylic acids is 1. The molecule has 1 heterocycles. The van der Waals surface area contributed by atoms with Crippen molar-refractivity contribution in [3.8, 4) is 22.5 Å². The van der Waals surface area contributed by atoms with Crippen LogP contribution < -0.4 is 0 Å². The fourth-order valence-electron chi connectivity index (χ4n) is 2.56. The standard InChI is InChI=1S/C18H17N3O4S2/c1-11-6-13(12-4-3-5-15(9-12)27(2,24)25)8-14(7-11)17-19-18(21-20-17)26-10-16(22)23/h3-9H,10H2,1-2H3,(H,22,23)(H,19,20,21). The minimum atomic E-state index is -3.29. The lowest BCUT2D eigenvalue weighted by Gasteiger charge is -2.08. The van der Waals surface area contributed by atoms with Crippen molar-refractivity contribution in [2.24, 2.45) is 0 Å². The molecule has 0 atom stereocenters. The SMILES string of the molecule is Cc1cc(-c2cccc(S(C)(=O)=O)c2)cc(-c2nc(SCC(=O)O)n[nH]2)c1. The molecule has 0 fully saturated rings. The van der Waals surface area contributed by atoms with Crippen LogP contribution >= 0.6 is 11.8 Å². The van der Waals surface area contributed by atoms with E-state index in [0.29, 0.717) is 11.0 Å². The molecule has 0 aliphatic rings. The van der Waals surface area contributed by atoms with Gasteiger partial charge in [-0.3, -0.25) is 9.89 Å². The average molecular weight is 403 g/mol. The van der Waals surface area contributed by atoms with Crippen molar-refractivity contribution in [3.05, 3.63) is 48.0 Å². The molecule has 0 spiro atoms. The minimum Gasteiger partial charge on any atom is -0.481 e. The first-order valence-electron chi connectivity index (χ1n) is 7.92. The zero-order chi connectivity index (χ0) is 19.6. The number of nitrogens with zero attached hydrogens (tertiary/aromatic N) is 2. The van der Waals surface area contributed by atoms with Crippen LogP contribution in [0.4, 0.5) is 0 Å². The van der Waals surface area contributed by atoms with Crippen molar-refractivity contribution < 1.29 is 18.3 Å². The van der Waals surface area contributed by atoms with Gasteiger partial charge in [0.1, 0.15) is 0 Å². The number of rotatable bonds is 6. The number of aromatic amines is 1. The summed E-state index contributed by atoms with van der Waals surface area (Å²) in [7, 11) is -3.29. The molecular formula is C18H17N3O4S2. The van der Waals surface area contributed by atoms with Gasteiger partial charge in [-0.05, 0) is 47.9 Å². The zero-order valence-corrected chi connectivity index (χ0v) is 16.3. The van der Waals surface area contributed by atoms with Crippen molar-refractivity contribution in [1.82, 2.24) is 15.2 Å².